The van der Waals surface area contributed by atoms with Crippen LogP contribution in [-0.2, 0) is 0 Å². The summed E-state index contributed by atoms with van der Waals surface area (Å²) in [6.45, 7) is 1.74. The zero-order valence-corrected chi connectivity index (χ0v) is 13.5. The molecule has 7 heteroatoms. The van der Waals surface area contributed by atoms with Crippen molar-refractivity contribution >= 4 is 34.8 Å². The largest absolute Gasteiger partial charge is 0.334 e. The maximum atomic E-state index is 12.3. The third kappa shape index (κ3) is 3.52. The molecule has 3 aromatic rings. The SMILES string of the molecule is Cc1noc(-c2cccc(NC(=O)c3ccc(Cl)c(Cl)c3)c2)n1. The van der Waals surface area contributed by atoms with E-state index in [9.17, 15) is 4.79 Å². The molecule has 0 fully saturated rings. The normalized spacial score (nSPS) is 10.6. The van der Waals surface area contributed by atoms with Gasteiger partial charge in [-0.2, -0.15) is 4.98 Å². The third-order valence-electron chi connectivity index (χ3n) is 3.08. The van der Waals surface area contributed by atoms with Crippen LogP contribution in [0.5, 0.6) is 0 Å². The molecule has 0 bridgehead atoms. The predicted molar refractivity (Wildman–Crippen MR) is 88.9 cm³/mol. The fourth-order valence-corrected chi connectivity index (χ4v) is 2.28. The number of hydrogen-bond donors (Lipinski definition) is 1. The van der Waals surface area contributed by atoms with E-state index in [1.165, 1.54) is 6.07 Å². The van der Waals surface area contributed by atoms with Crippen LogP contribution >= 0.6 is 23.2 Å². The van der Waals surface area contributed by atoms with Crippen molar-refractivity contribution in [1.82, 2.24) is 10.1 Å². The summed E-state index contributed by atoms with van der Waals surface area (Å²) in [4.78, 5) is 16.4. The first-order chi connectivity index (χ1) is 11.0. The number of rotatable bonds is 3. The van der Waals surface area contributed by atoms with Crippen LogP contribution in [0, 0.1) is 6.92 Å². The van der Waals surface area contributed by atoms with Gasteiger partial charge in [-0.1, -0.05) is 34.4 Å². The lowest BCUT2D eigenvalue weighted by atomic mass is 10.1. The molecule has 2 aromatic carbocycles. The van der Waals surface area contributed by atoms with Gasteiger partial charge in [-0.25, -0.2) is 0 Å². The number of halogens is 2. The van der Waals surface area contributed by atoms with Gasteiger partial charge in [-0.15, -0.1) is 0 Å². The highest BCUT2D eigenvalue weighted by Gasteiger charge is 2.11. The number of aromatic nitrogens is 2. The molecule has 3 rings (SSSR count). The Morgan fingerprint density at radius 3 is 2.65 bits per heavy atom. The Labute approximate surface area is 142 Å². The summed E-state index contributed by atoms with van der Waals surface area (Å²) in [5.74, 6) is 0.654. The molecule has 0 radical (unpaired) electrons. The lowest BCUT2D eigenvalue weighted by Gasteiger charge is -2.07. The van der Waals surface area contributed by atoms with Crippen molar-refractivity contribution in [3.63, 3.8) is 0 Å². The topological polar surface area (TPSA) is 68.0 Å². The lowest BCUT2D eigenvalue weighted by molar-refractivity contribution is 0.102. The minimum absolute atomic E-state index is 0.289. The molecular formula is C16H11Cl2N3O2. The Hall–Kier alpha value is -2.37. The van der Waals surface area contributed by atoms with Gasteiger partial charge < -0.3 is 9.84 Å². The molecule has 0 saturated heterocycles. The second kappa shape index (κ2) is 6.40. The van der Waals surface area contributed by atoms with E-state index >= 15 is 0 Å². The Kier molecular flexibility index (Phi) is 4.32. The maximum absolute atomic E-state index is 12.3. The van der Waals surface area contributed by atoms with Gasteiger partial charge >= 0.3 is 0 Å². The fraction of sp³-hybridized carbons (Fsp3) is 0.0625. The third-order valence-corrected chi connectivity index (χ3v) is 3.82. The second-order valence-corrected chi connectivity index (χ2v) is 5.62. The predicted octanol–water partition coefficient (Wildman–Crippen LogP) is 4.60. The average Bonchev–Trinajstić information content (AvgIpc) is 2.97. The molecule has 0 unspecified atom stereocenters. The van der Waals surface area contributed by atoms with Gasteiger partial charge in [0.25, 0.3) is 11.8 Å². The van der Waals surface area contributed by atoms with Gasteiger partial charge in [0, 0.05) is 16.8 Å². The summed E-state index contributed by atoms with van der Waals surface area (Å²) in [5, 5.41) is 7.27. The Bertz CT molecular complexity index is 877. The summed E-state index contributed by atoms with van der Waals surface area (Å²) in [6, 6.07) is 11.8. The van der Waals surface area contributed by atoms with Gasteiger partial charge in [-0.05, 0) is 43.3 Å². The van der Waals surface area contributed by atoms with E-state index < -0.39 is 0 Å². The van der Waals surface area contributed by atoms with Crippen molar-refractivity contribution < 1.29 is 9.32 Å². The van der Waals surface area contributed by atoms with Crippen LogP contribution in [0.1, 0.15) is 16.2 Å². The van der Waals surface area contributed by atoms with Crippen LogP contribution in [0.3, 0.4) is 0 Å². The zero-order valence-electron chi connectivity index (χ0n) is 12.0. The molecule has 0 aliphatic rings. The first kappa shape index (κ1) is 15.5. The van der Waals surface area contributed by atoms with E-state index in [0.717, 1.165) is 5.56 Å². The van der Waals surface area contributed by atoms with Crippen LogP contribution in [0.15, 0.2) is 47.0 Å². The second-order valence-electron chi connectivity index (χ2n) is 4.81. The standard InChI is InChI=1S/C16H11Cl2N3O2/c1-9-19-16(23-21-9)11-3-2-4-12(7-11)20-15(22)10-5-6-13(17)14(18)8-10/h2-8H,1H3,(H,20,22). The van der Waals surface area contributed by atoms with Crippen LogP contribution in [0.25, 0.3) is 11.5 Å². The smallest absolute Gasteiger partial charge is 0.257 e. The highest BCUT2D eigenvalue weighted by atomic mass is 35.5. The number of aryl methyl sites for hydroxylation is 1. The Morgan fingerprint density at radius 1 is 1.13 bits per heavy atom. The molecular weight excluding hydrogens is 337 g/mol. The molecule has 1 heterocycles. The first-order valence-corrected chi connectivity index (χ1v) is 7.45. The molecule has 0 spiro atoms. The molecule has 0 aliphatic heterocycles. The molecule has 1 aromatic heterocycles. The van der Waals surface area contributed by atoms with Crippen molar-refractivity contribution in [3.05, 3.63) is 63.9 Å². The molecule has 0 saturated carbocycles. The maximum Gasteiger partial charge on any atom is 0.257 e. The molecule has 0 atom stereocenters. The molecule has 1 amide bonds. The quantitative estimate of drug-likeness (QED) is 0.751. The van der Waals surface area contributed by atoms with Crippen LogP contribution in [0.4, 0.5) is 5.69 Å². The summed E-state index contributed by atoms with van der Waals surface area (Å²) < 4.78 is 5.12. The van der Waals surface area contributed by atoms with Crippen molar-refractivity contribution in [3.8, 4) is 11.5 Å². The molecule has 0 aliphatic carbocycles. The van der Waals surface area contributed by atoms with Crippen molar-refractivity contribution in [2.75, 3.05) is 5.32 Å². The average molecular weight is 348 g/mol. The molecule has 5 nitrogen and oxygen atoms in total. The van der Waals surface area contributed by atoms with Gasteiger partial charge in [-0.3, -0.25) is 4.79 Å². The molecule has 1 N–H and O–H groups in total. The van der Waals surface area contributed by atoms with Crippen LogP contribution in [-0.4, -0.2) is 16.0 Å². The number of anilines is 1. The molecule has 116 valence electrons. The van der Waals surface area contributed by atoms with Gasteiger partial charge in [0.1, 0.15) is 0 Å². The van der Waals surface area contributed by atoms with E-state index in [4.69, 9.17) is 27.7 Å². The van der Waals surface area contributed by atoms with Crippen molar-refractivity contribution in [2.24, 2.45) is 0 Å². The fourth-order valence-electron chi connectivity index (χ4n) is 1.98. The Balaban J connectivity index is 1.82. The number of amides is 1. The number of hydrogen-bond acceptors (Lipinski definition) is 4. The van der Waals surface area contributed by atoms with E-state index in [1.54, 1.807) is 37.3 Å². The zero-order chi connectivity index (χ0) is 16.4. The minimum Gasteiger partial charge on any atom is -0.334 e. The number of carbonyl (C=O) groups is 1. The van der Waals surface area contributed by atoms with E-state index in [2.05, 4.69) is 15.5 Å². The van der Waals surface area contributed by atoms with E-state index in [1.807, 2.05) is 6.07 Å². The van der Waals surface area contributed by atoms with Crippen molar-refractivity contribution in [1.29, 1.82) is 0 Å². The van der Waals surface area contributed by atoms with E-state index in [0.29, 0.717) is 33.0 Å². The lowest BCUT2D eigenvalue weighted by Crippen LogP contribution is -2.11. The number of carbonyl (C=O) groups excluding carboxylic acids is 1. The number of nitrogens with zero attached hydrogens (tertiary/aromatic N) is 2. The monoisotopic (exact) mass is 347 g/mol. The van der Waals surface area contributed by atoms with E-state index in [-0.39, 0.29) is 5.91 Å². The minimum atomic E-state index is -0.289. The summed E-state index contributed by atoms with van der Waals surface area (Å²) in [5.41, 5.74) is 1.74. The van der Waals surface area contributed by atoms with Crippen LogP contribution < -0.4 is 5.32 Å². The van der Waals surface area contributed by atoms with Crippen LogP contribution in [0.2, 0.25) is 10.0 Å². The first-order valence-electron chi connectivity index (χ1n) is 6.70. The number of nitrogens with one attached hydrogen (secondary N) is 1. The summed E-state index contributed by atoms with van der Waals surface area (Å²) in [7, 11) is 0. The summed E-state index contributed by atoms with van der Waals surface area (Å²) >= 11 is 11.8. The molecule has 23 heavy (non-hydrogen) atoms. The Morgan fingerprint density at radius 2 is 1.96 bits per heavy atom. The van der Waals surface area contributed by atoms with Crippen molar-refractivity contribution in [2.45, 2.75) is 6.92 Å². The highest BCUT2D eigenvalue weighted by molar-refractivity contribution is 6.42. The highest BCUT2D eigenvalue weighted by Crippen LogP contribution is 2.24. The number of benzene rings is 2. The summed E-state index contributed by atoms with van der Waals surface area (Å²) in [6.07, 6.45) is 0. The van der Waals surface area contributed by atoms with Gasteiger partial charge in [0.2, 0.25) is 0 Å². The van der Waals surface area contributed by atoms with Gasteiger partial charge in [0.05, 0.1) is 10.0 Å². The van der Waals surface area contributed by atoms with Gasteiger partial charge in [0.15, 0.2) is 5.82 Å².